The maximum Gasteiger partial charge on any atom is 0.267 e. The minimum Gasteiger partial charge on any atom is -0.383 e. The van der Waals surface area contributed by atoms with Gasteiger partial charge in [0.2, 0.25) is 0 Å². The molecule has 24 heavy (non-hydrogen) atoms. The van der Waals surface area contributed by atoms with E-state index in [9.17, 15) is 4.79 Å². The Bertz CT molecular complexity index is 840. The van der Waals surface area contributed by atoms with Crippen LogP contribution in [0.3, 0.4) is 0 Å². The highest BCUT2D eigenvalue weighted by Gasteiger charge is 2.25. The SMILES string of the molecule is CN1CCN(C(=O)c2sc(=S)n(-c3ccc(Cl)c(Cl)c3)c2N)CC1. The van der Waals surface area contributed by atoms with Crippen LogP contribution in [-0.4, -0.2) is 53.5 Å². The van der Waals surface area contributed by atoms with E-state index < -0.39 is 0 Å². The molecule has 0 aliphatic carbocycles. The largest absolute Gasteiger partial charge is 0.383 e. The van der Waals surface area contributed by atoms with Crippen molar-refractivity contribution in [3.63, 3.8) is 0 Å². The number of amides is 1. The molecule has 1 saturated heterocycles. The monoisotopic (exact) mass is 402 g/mol. The number of halogens is 2. The van der Waals surface area contributed by atoms with E-state index >= 15 is 0 Å². The second kappa shape index (κ2) is 7.01. The van der Waals surface area contributed by atoms with Crippen LogP contribution in [0.2, 0.25) is 10.0 Å². The molecule has 9 heteroatoms. The normalized spacial score (nSPS) is 15.7. The molecule has 0 unspecified atom stereocenters. The number of piperazine rings is 1. The van der Waals surface area contributed by atoms with Gasteiger partial charge in [-0.3, -0.25) is 9.36 Å². The van der Waals surface area contributed by atoms with Gasteiger partial charge < -0.3 is 15.5 Å². The molecule has 0 spiro atoms. The third-order valence-corrected chi connectivity index (χ3v) is 6.11. The van der Waals surface area contributed by atoms with Crippen molar-refractivity contribution in [2.75, 3.05) is 39.0 Å². The highest BCUT2D eigenvalue weighted by Crippen LogP contribution is 2.31. The third kappa shape index (κ3) is 3.32. The van der Waals surface area contributed by atoms with Crippen molar-refractivity contribution in [2.24, 2.45) is 0 Å². The number of nitrogens with zero attached hydrogens (tertiary/aromatic N) is 3. The molecule has 0 radical (unpaired) electrons. The molecule has 128 valence electrons. The van der Waals surface area contributed by atoms with Gasteiger partial charge in [-0.15, -0.1) is 0 Å². The number of rotatable bonds is 2. The van der Waals surface area contributed by atoms with Gasteiger partial charge in [0.25, 0.3) is 5.91 Å². The Morgan fingerprint density at radius 1 is 1.21 bits per heavy atom. The summed E-state index contributed by atoms with van der Waals surface area (Å²) in [7, 11) is 2.04. The van der Waals surface area contributed by atoms with Crippen LogP contribution in [0.25, 0.3) is 5.69 Å². The van der Waals surface area contributed by atoms with Gasteiger partial charge in [0.15, 0.2) is 3.95 Å². The lowest BCUT2D eigenvalue weighted by molar-refractivity contribution is 0.0669. The van der Waals surface area contributed by atoms with Crippen LogP contribution in [0.1, 0.15) is 9.67 Å². The van der Waals surface area contributed by atoms with Crippen LogP contribution in [0.5, 0.6) is 0 Å². The highest BCUT2D eigenvalue weighted by atomic mass is 35.5. The van der Waals surface area contributed by atoms with Crippen molar-refractivity contribution in [1.29, 1.82) is 0 Å². The van der Waals surface area contributed by atoms with E-state index in [2.05, 4.69) is 4.90 Å². The zero-order valence-corrected chi connectivity index (χ0v) is 16.1. The fraction of sp³-hybridized carbons (Fsp3) is 0.333. The van der Waals surface area contributed by atoms with Gasteiger partial charge in [-0.25, -0.2) is 0 Å². The van der Waals surface area contributed by atoms with E-state index in [1.165, 1.54) is 11.3 Å². The zero-order valence-electron chi connectivity index (χ0n) is 13.0. The third-order valence-electron chi connectivity index (χ3n) is 3.99. The fourth-order valence-electron chi connectivity index (χ4n) is 2.56. The molecule has 2 heterocycles. The molecule has 1 aliphatic rings. The summed E-state index contributed by atoms with van der Waals surface area (Å²) in [4.78, 5) is 17.3. The van der Waals surface area contributed by atoms with E-state index in [0.29, 0.717) is 43.5 Å². The number of nitrogen functional groups attached to an aromatic ring is 1. The molecule has 1 fully saturated rings. The number of thiazole rings is 1. The van der Waals surface area contributed by atoms with Gasteiger partial charge in [0.05, 0.1) is 15.7 Å². The van der Waals surface area contributed by atoms with Gasteiger partial charge >= 0.3 is 0 Å². The number of anilines is 1. The minimum atomic E-state index is -0.0736. The maximum absolute atomic E-state index is 12.8. The van der Waals surface area contributed by atoms with Crippen molar-refractivity contribution in [1.82, 2.24) is 14.4 Å². The summed E-state index contributed by atoms with van der Waals surface area (Å²) in [6, 6.07) is 5.14. The summed E-state index contributed by atoms with van der Waals surface area (Å²) in [5, 5.41) is 0.864. The first-order valence-corrected chi connectivity index (χ1v) is 9.31. The van der Waals surface area contributed by atoms with Gasteiger partial charge in [-0.1, -0.05) is 34.5 Å². The number of likely N-dealkylation sites (N-methyl/N-ethyl adjacent to an activating group) is 1. The summed E-state index contributed by atoms with van der Waals surface area (Å²) in [5.41, 5.74) is 6.93. The predicted molar refractivity (Wildman–Crippen MR) is 102 cm³/mol. The van der Waals surface area contributed by atoms with Gasteiger partial charge in [0, 0.05) is 26.2 Å². The molecule has 0 bridgehead atoms. The van der Waals surface area contributed by atoms with Gasteiger partial charge in [-0.05, 0) is 37.5 Å². The molecular formula is C15H16Cl2N4OS2. The first kappa shape index (κ1) is 17.7. The maximum atomic E-state index is 12.8. The Hall–Kier alpha value is -1.12. The summed E-state index contributed by atoms with van der Waals surface area (Å²) >= 11 is 18.7. The molecule has 1 aromatic heterocycles. The molecule has 2 aromatic rings. The smallest absolute Gasteiger partial charge is 0.267 e. The topological polar surface area (TPSA) is 54.5 Å². The standard InChI is InChI=1S/C15H16Cl2N4OS2/c1-19-4-6-20(7-5-19)14(22)12-13(18)21(15(23)24-12)9-2-3-10(16)11(17)8-9/h2-3,8H,4-7,18H2,1H3. The van der Waals surface area contributed by atoms with Crippen LogP contribution in [0.15, 0.2) is 18.2 Å². The average Bonchev–Trinajstić information content (AvgIpc) is 2.85. The number of aromatic nitrogens is 1. The number of carbonyl (C=O) groups excluding carboxylic acids is 1. The van der Waals surface area contributed by atoms with E-state index in [1.54, 1.807) is 22.8 Å². The van der Waals surface area contributed by atoms with E-state index in [0.717, 1.165) is 13.1 Å². The lowest BCUT2D eigenvalue weighted by atomic mass is 10.3. The van der Waals surface area contributed by atoms with Crippen molar-refractivity contribution >= 4 is 58.5 Å². The van der Waals surface area contributed by atoms with Crippen LogP contribution >= 0.6 is 46.8 Å². The summed E-state index contributed by atoms with van der Waals surface area (Å²) in [5.74, 6) is 0.267. The van der Waals surface area contributed by atoms with E-state index in [4.69, 9.17) is 41.2 Å². The second-order valence-corrected chi connectivity index (χ2v) is 8.07. The average molecular weight is 403 g/mol. The summed E-state index contributed by atoms with van der Waals surface area (Å²) < 4.78 is 2.16. The molecule has 0 saturated carbocycles. The van der Waals surface area contributed by atoms with Crippen molar-refractivity contribution in [2.45, 2.75) is 0 Å². The number of nitrogens with two attached hydrogens (primary N) is 1. The Kier molecular flexibility index (Phi) is 5.17. The first-order chi connectivity index (χ1) is 11.4. The number of carbonyl (C=O) groups is 1. The number of hydrogen-bond donors (Lipinski definition) is 1. The molecular weight excluding hydrogens is 387 g/mol. The molecule has 1 aromatic carbocycles. The Morgan fingerprint density at radius 3 is 2.50 bits per heavy atom. The molecule has 1 amide bonds. The van der Waals surface area contributed by atoms with E-state index in [-0.39, 0.29) is 5.91 Å². The summed E-state index contributed by atoms with van der Waals surface area (Å²) in [6.45, 7) is 3.08. The lowest BCUT2D eigenvalue weighted by Crippen LogP contribution is -2.47. The van der Waals surface area contributed by atoms with Crippen LogP contribution < -0.4 is 5.73 Å². The van der Waals surface area contributed by atoms with E-state index in [1.807, 2.05) is 11.9 Å². The second-order valence-electron chi connectivity index (χ2n) is 5.61. The van der Waals surface area contributed by atoms with Crippen molar-refractivity contribution in [3.05, 3.63) is 37.1 Å². The Morgan fingerprint density at radius 2 is 1.88 bits per heavy atom. The quantitative estimate of drug-likeness (QED) is 0.780. The number of hydrogen-bond acceptors (Lipinski definition) is 5. The Balaban J connectivity index is 1.96. The molecule has 0 atom stereocenters. The van der Waals surface area contributed by atoms with Gasteiger partial charge in [0.1, 0.15) is 10.7 Å². The fourth-order valence-corrected chi connectivity index (χ4v) is 4.19. The van der Waals surface area contributed by atoms with Crippen LogP contribution in [0, 0.1) is 3.95 Å². The van der Waals surface area contributed by atoms with Gasteiger partial charge in [-0.2, -0.15) is 0 Å². The Labute approximate surface area is 159 Å². The lowest BCUT2D eigenvalue weighted by Gasteiger charge is -2.32. The first-order valence-electron chi connectivity index (χ1n) is 7.33. The van der Waals surface area contributed by atoms with Crippen molar-refractivity contribution < 1.29 is 4.79 Å². The molecule has 1 aliphatic heterocycles. The summed E-state index contributed by atoms with van der Waals surface area (Å²) in [6.07, 6.45) is 0. The van der Waals surface area contributed by atoms with Crippen molar-refractivity contribution in [3.8, 4) is 5.69 Å². The predicted octanol–water partition coefficient (Wildman–Crippen LogP) is 3.54. The zero-order chi connectivity index (χ0) is 17.4. The van der Waals surface area contributed by atoms with Crippen LogP contribution in [-0.2, 0) is 0 Å². The molecule has 3 rings (SSSR count). The molecule has 2 N–H and O–H groups in total. The number of benzene rings is 1. The van der Waals surface area contributed by atoms with Crippen LogP contribution in [0.4, 0.5) is 5.82 Å². The molecule has 5 nitrogen and oxygen atoms in total. The minimum absolute atomic E-state index is 0.0736. The highest BCUT2D eigenvalue weighted by molar-refractivity contribution is 7.73.